The topological polar surface area (TPSA) is 62.7 Å². The lowest BCUT2D eigenvalue weighted by molar-refractivity contribution is -0.138. The Labute approximate surface area is 130 Å². The number of pyridine rings is 1. The van der Waals surface area contributed by atoms with E-state index in [-0.39, 0.29) is 12.5 Å². The number of alkyl halides is 3. The number of rotatable bonds is 3. The van der Waals surface area contributed by atoms with Gasteiger partial charge in [-0.25, -0.2) is 0 Å². The lowest BCUT2D eigenvalue weighted by atomic mass is 10.1. The van der Waals surface area contributed by atoms with Gasteiger partial charge in [-0.05, 0) is 12.1 Å². The molecule has 2 amide bonds. The molecular formula is C14H16F3N3O3. The number of halogens is 3. The maximum absolute atomic E-state index is 12.9. The molecule has 1 aromatic heterocycles. The number of amides is 2. The van der Waals surface area contributed by atoms with Crippen LogP contribution in [-0.4, -0.2) is 66.5 Å². The molecule has 126 valence electrons. The zero-order chi connectivity index (χ0) is 17.0. The molecule has 0 spiro atoms. The summed E-state index contributed by atoms with van der Waals surface area (Å²) in [6.07, 6.45) is -3.57. The fourth-order valence-electron chi connectivity index (χ4n) is 2.17. The van der Waals surface area contributed by atoms with Crippen LogP contribution < -0.4 is 0 Å². The third kappa shape index (κ3) is 4.19. The molecule has 2 rings (SSSR count). The van der Waals surface area contributed by atoms with E-state index in [1.807, 2.05) is 0 Å². The third-order valence-electron chi connectivity index (χ3n) is 3.40. The van der Waals surface area contributed by atoms with Gasteiger partial charge in [0, 0.05) is 26.3 Å². The number of ether oxygens (including phenoxy) is 1. The number of nitrogens with zero attached hydrogens (tertiary/aromatic N) is 3. The highest BCUT2D eigenvalue weighted by atomic mass is 19.4. The fourth-order valence-corrected chi connectivity index (χ4v) is 2.17. The molecule has 1 aromatic rings. The van der Waals surface area contributed by atoms with Crippen LogP contribution in [0.15, 0.2) is 18.3 Å². The van der Waals surface area contributed by atoms with E-state index in [0.717, 1.165) is 23.2 Å². The fraction of sp³-hybridized carbons (Fsp3) is 0.500. The molecule has 0 aromatic carbocycles. The van der Waals surface area contributed by atoms with Crippen LogP contribution in [0.1, 0.15) is 16.1 Å². The molecule has 0 unspecified atom stereocenters. The van der Waals surface area contributed by atoms with Gasteiger partial charge < -0.3 is 14.5 Å². The van der Waals surface area contributed by atoms with Crippen LogP contribution >= 0.6 is 0 Å². The van der Waals surface area contributed by atoms with Gasteiger partial charge in [-0.1, -0.05) is 0 Å². The van der Waals surface area contributed by atoms with Crippen molar-refractivity contribution in [1.29, 1.82) is 0 Å². The number of likely N-dealkylation sites (N-methyl/N-ethyl adjacent to an activating group) is 1. The molecule has 23 heavy (non-hydrogen) atoms. The van der Waals surface area contributed by atoms with Gasteiger partial charge in [0.25, 0.3) is 5.91 Å². The Morgan fingerprint density at radius 3 is 2.61 bits per heavy atom. The molecule has 1 saturated heterocycles. The average molecular weight is 331 g/mol. The maximum atomic E-state index is 12.9. The summed E-state index contributed by atoms with van der Waals surface area (Å²) in [5, 5.41) is 0. The molecule has 2 heterocycles. The summed E-state index contributed by atoms with van der Waals surface area (Å²) in [6, 6.07) is 1.90. The van der Waals surface area contributed by atoms with Gasteiger partial charge in [0.05, 0.1) is 25.3 Å². The summed E-state index contributed by atoms with van der Waals surface area (Å²) in [7, 11) is 1.27. The SMILES string of the molecule is CN(CC(=O)N1CCOCC1)C(=O)c1ncccc1C(F)(F)F. The van der Waals surface area contributed by atoms with E-state index in [2.05, 4.69) is 4.98 Å². The molecule has 1 aliphatic rings. The zero-order valence-electron chi connectivity index (χ0n) is 12.5. The lowest BCUT2D eigenvalue weighted by Gasteiger charge is -2.28. The minimum atomic E-state index is -4.69. The van der Waals surface area contributed by atoms with Gasteiger partial charge >= 0.3 is 6.18 Å². The quantitative estimate of drug-likeness (QED) is 0.830. The first kappa shape index (κ1) is 17.2. The lowest BCUT2D eigenvalue weighted by Crippen LogP contribution is -2.46. The Morgan fingerprint density at radius 1 is 1.35 bits per heavy atom. The normalized spacial score (nSPS) is 15.4. The van der Waals surface area contributed by atoms with E-state index in [4.69, 9.17) is 4.74 Å². The van der Waals surface area contributed by atoms with Crippen LogP contribution in [-0.2, 0) is 15.7 Å². The van der Waals surface area contributed by atoms with Crippen LogP contribution in [0.3, 0.4) is 0 Å². The van der Waals surface area contributed by atoms with Crippen molar-refractivity contribution >= 4 is 11.8 Å². The molecule has 1 fully saturated rings. The highest BCUT2D eigenvalue weighted by Gasteiger charge is 2.37. The second-order valence-corrected chi connectivity index (χ2v) is 5.05. The van der Waals surface area contributed by atoms with E-state index < -0.39 is 23.3 Å². The highest BCUT2D eigenvalue weighted by molar-refractivity contribution is 5.96. The maximum Gasteiger partial charge on any atom is 0.418 e. The first-order valence-electron chi connectivity index (χ1n) is 6.94. The first-order chi connectivity index (χ1) is 10.8. The summed E-state index contributed by atoms with van der Waals surface area (Å²) in [6.45, 7) is 1.30. The highest BCUT2D eigenvalue weighted by Crippen LogP contribution is 2.31. The Balaban J connectivity index is 2.09. The van der Waals surface area contributed by atoms with Crippen LogP contribution in [0.2, 0.25) is 0 Å². The first-order valence-corrected chi connectivity index (χ1v) is 6.94. The van der Waals surface area contributed by atoms with Crippen LogP contribution in [0.4, 0.5) is 13.2 Å². The van der Waals surface area contributed by atoms with Crippen LogP contribution in [0.25, 0.3) is 0 Å². The van der Waals surface area contributed by atoms with E-state index in [9.17, 15) is 22.8 Å². The van der Waals surface area contributed by atoms with E-state index in [1.165, 1.54) is 11.9 Å². The molecule has 0 aliphatic carbocycles. The third-order valence-corrected chi connectivity index (χ3v) is 3.40. The predicted molar refractivity (Wildman–Crippen MR) is 73.6 cm³/mol. The summed E-state index contributed by atoms with van der Waals surface area (Å²) >= 11 is 0. The predicted octanol–water partition coefficient (Wildman–Crippen LogP) is 1.03. The number of carbonyl (C=O) groups excluding carboxylic acids is 2. The van der Waals surface area contributed by atoms with Gasteiger partial charge in [-0.3, -0.25) is 14.6 Å². The number of hydrogen-bond donors (Lipinski definition) is 0. The van der Waals surface area contributed by atoms with Crippen molar-refractivity contribution in [2.45, 2.75) is 6.18 Å². The molecule has 9 heteroatoms. The van der Waals surface area contributed by atoms with Gasteiger partial charge in [-0.2, -0.15) is 13.2 Å². The van der Waals surface area contributed by atoms with Crippen molar-refractivity contribution in [3.05, 3.63) is 29.6 Å². The number of hydrogen-bond acceptors (Lipinski definition) is 4. The van der Waals surface area contributed by atoms with E-state index in [0.29, 0.717) is 26.3 Å². The van der Waals surface area contributed by atoms with Crippen LogP contribution in [0.5, 0.6) is 0 Å². The average Bonchev–Trinajstić information content (AvgIpc) is 2.54. The van der Waals surface area contributed by atoms with E-state index in [1.54, 1.807) is 0 Å². The Morgan fingerprint density at radius 2 is 2.00 bits per heavy atom. The number of carbonyl (C=O) groups is 2. The largest absolute Gasteiger partial charge is 0.418 e. The summed E-state index contributed by atoms with van der Waals surface area (Å²) < 4.78 is 43.9. The second kappa shape index (κ2) is 6.95. The van der Waals surface area contributed by atoms with Crippen molar-refractivity contribution in [1.82, 2.24) is 14.8 Å². The molecule has 0 N–H and O–H groups in total. The Kier molecular flexibility index (Phi) is 5.19. The monoisotopic (exact) mass is 331 g/mol. The van der Waals surface area contributed by atoms with Gasteiger partial charge in [0.1, 0.15) is 5.69 Å². The van der Waals surface area contributed by atoms with Crippen molar-refractivity contribution in [2.24, 2.45) is 0 Å². The number of morpholine rings is 1. The van der Waals surface area contributed by atoms with Gasteiger partial charge in [-0.15, -0.1) is 0 Å². The van der Waals surface area contributed by atoms with E-state index >= 15 is 0 Å². The zero-order valence-corrected chi connectivity index (χ0v) is 12.5. The van der Waals surface area contributed by atoms with Crippen molar-refractivity contribution in [2.75, 3.05) is 39.9 Å². The van der Waals surface area contributed by atoms with Crippen molar-refractivity contribution in [3.8, 4) is 0 Å². The van der Waals surface area contributed by atoms with Crippen molar-refractivity contribution < 1.29 is 27.5 Å². The molecule has 0 bridgehead atoms. The molecule has 6 nitrogen and oxygen atoms in total. The summed E-state index contributed by atoms with van der Waals surface area (Å²) in [5.41, 5.74) is -1.83. The summed E-state index contributed by atoms with van der Waals surface area (Å²) in [4.78, 5) is 30.2. The molecular weight excluding hydrogens is 315 g/mol. The molecule has 0 atom stereocenters. The van der Waals surface area contributed by atoms with Gasteiger partial charge in [0.15, 0.2) is 0 Å². The Hall–Kier alpha value is -2.16. The van der Waals surface area contributed by atoms with Crippen molar-refractivity contribution in [3.63, 3.8) is 0 Å². The number of aromatic nitrogens is 1. The standard InChI is InChI=1S/C14H16F3N3O3/c1-19(9-11(21)20-5-7-23-8-6-20)13(22)12-10(14(15,16)17)3-2-4-18-12/h2-4H,5-9H2,1H3. The second-order valence-electron chi connectivity index (χ2n) is 5.05. The Bertz CT molecular complexity index is 586. The molecule has 1 aliphatic heterocycles. The molecule has 0 radical (unpaired) electrons. The minimum Gasteiger partial charge on any atom is -0.378 e. The minimum absolute atomic E-state index is 0.313. The smallest absolute Gasteiger partial charge is 0.378 e. The van der Waals surface area contributed by atoms with Gasteiger partial charge in [0.2, 0.25) is 5.91 Å². The van der Waals surface area contributed by atoms with Crippen LogP contribution in [0, 0.1) is 0 Å². The summed E-state index contributed by atoms with van der Waals surface area (Å²) in [5.74, 6) is -1.28. The molecule has 0 saturated carbocycles.